The molecule has 0 bridgehead atoms. The molecule has 0 atom stereocenters. The van der Waals surface area contributed by atoms with Gasteiger partial charge in [-0.3, -0.25) is 9.59 Å². The minimum Gasteiger partial charge on any atom is -0.481 e. The first-order valence-corrected chi connectivity index (χ1v) is 8.60. The predicted molar refractivity (Wildman–Crippen MR) is 95.2 cm³/mol. The van der Waals surface area contributed by atoms with Gasteiger partial charge in [0.1, 0.15) is 0 Å². The van der Waals surface area contributed by atoms with Gasteiger partial charge < -0.3 is 15.4 Å². The highest BCUT2D eigenvalue weighted by Gasteiger charge is 2.25. The van der Waals surface area contributed by atoms with Gasteiger partial charge in [0.2, 0.25) is 0 Å². The molecule has 0 radical (unpaired) electrons. The molecule has 1 saturated carbocycles. The summed E-state index contributed by atoms with van der Waals surface area (Å²) in [5, 5.41) is 5.51. The van der Waals surface area contributed by atoms with E-state index in [2.05, 4.69) is 26.6 Å². The number of carbonyl (C=O) groups is 2. The second kappa shape index (κ2) is 7.65. The third-order valence-electron chi connectivity index (χ3n) is 3.61. The van der Waals surface area contributed by atoms with Crippen molar-refractivity contribution in [2.45, 2.75) is 18.9 Å². The Labute approximate surface area is 152 Å². The van der Waals surface area contributed by atoms with Crippen molar-refractivity contribution in [2.75, 3.05) is 11.9 Å². The van der Waals surface area contributed by atoms with Crippen LogP contribution in [0.3, 0.4) is 0 Å². The van der Waals surface area contributed by atoms with Crippen molar-refractivity contribution in [2.24, 2.45) is 0 Å². The van der Waals surface area contributed by atoms with Gasteiger partial charge in [0.15, 0.2) is 18.2 Å². The number of hydrogen-bond donors (Lipinski definition) is 2. The second-order valence-electron chi connectivity index (χ2n) is 5.70. The smallest absolute Gasteiger partial charge is 0.262 e. The molecule has 2 aromatic rings. The summed E-state index contributed by atoms with van der Waals surface area (Å²) >= 11 is 3.15. The van der Waals surface area contributed by atoms with Gasteiger partial charge in [-0.05, 0) is 43.2 Å². The van der Waals surface area contributed by atoms with Crippen molar-refractivity contribution >= 4 is 33.4 Å². The zero-order chi connectivity index (χ0) is 17.8. The fourth-order valence-electron chi connectivity index (χ4n) is 2.20. The van der Waals surface area contributed by atoms with Crippen LogP contribution >= 0.6 is 15.9 Å². The molecule has 1 aliphatic rings. The molecule has 2 aromatic carbocycles. The third kappa shape index (κ3) is 4.79. The highest BCUT2D eigenvalue weighted by molar-refractivity contribution is 9.10. The molecule has 5 nitrogen and oxygen atoms in total. The molecular weight excluding hydrogens is 391 g/mol. The molecule has 2 N–H and O–H groups in total. The zero-order valence-electron chi connectivity index (χ0n) is 13.2. The number of anilines is 1. The molecule has 0 heterocycles. The maximum Gasteiger partial charge on any atom is 0.262 e. The number of carbonyl (C=O) groups excluding carboxylic acids is 2. The number of nitrogens with one attached hydrogen (secondary N) is 2. The molecule has 130 valence electrons. The SMILES string of the molecule is O=C(COc1ccc(Br)cc1F)Nc1ccccc1C(=O)NC1CC1. The van der Waals surface area contributed by atoms with E-state index < -0.39 is 11.7 Å². The molecular formula is C18H16BrFN2O3. The molecule has 3 rings (SSSR count). The van der Waals surface area contributed by atoms with Gasteiger partial charge >= 0.3 is 0 Å². The monoisotopic (exact) mass is 406 g/mol. The lowest BCUT2D eigenvalue weighted by Crippen LogP contribution is -2.28. The normalized spacial score (nSPS) is 13.2. The highest BCUT2D eigenvalue weighted by Crippen LogP contribution is 2.23. The van der Waals surface area contributed by atoms with E-state index in [1.807, 2.05) is 0 Å². The van der Waals surface area contributed by atoms with Crippen LogP contribution in [0.15, 0.2) is 46.9 Å². The van der Waals surface area contributed by atoms with E-state index in [0.29, 0.717) is 15.7 Å². The molecule has 0 aliphatic heterocycles. The van der Waals surface area contributed by atoms with Gasteiger partial charge in [-0.15, -0.1) is 0 Å². The van der Waals surface area contributed by atoms with Crippen LogP contribution in [-0.2, 0) is 4.79 Å². The van der Waals surface area contributed by atoms with Crippen molar-refractivity contribution in [3.05, 3.63) is 58.3 Å². The Hall–Kier alpha value is -2.41. The van der Waals surface area contributed by atoms with Crippen molar-refractivity contribution in [1.29, 1.82) is 0 Å². The molecule has 1 aliphatic carbocycles. The molecule has 0 aromatic heterocycles. The van der Waals surface area contributed by atoms with E-state index in [1.54, 1.807) is 30.3 Å². The predicted octanol–water partition coefficient (Wildman–Crippen LogP) is 3.50. The van der Waals surface area contributed by atoms with E-state index >= 15 is 0 Å². The Bertz CT molecular complexity index is 809. The van der Waals surface area contributed by atoms with Crippen LogP contribution in [0.1, 0.15) is 23.2 Å². The summed E-state index contributed by atoms with van der Waals surface area (Å²) in [6.45, 7) is -0.364. The van der Waals surface area contributed by atoms with Gasteiger partial charge in [0.25, 0.3) is 11.8 Å². The number of rotatable bonds is 6. The summed E-state index contributed by atoms with van der Waals surface area (Å²) in [4.78, 5) is 24.3. The Morgan fingerprint density at radius 1 is 1.20 bits per heavy atom. The number of halogens is 2. The van der Waals surface area contributed by atoms with Gasteiger partial charge in [-0.1, -0.05) is 28.1 Å². The highest BCUT2D eigenvalue weighted by atomic mass is 79.9. The van der Waals surface area contributed by atoms with Gasteiger partial charge in [0.05, 0.1) is 11.3 Å². The van der Waals surface area contributed by atoms with E-state index in [1.165, 1.54) is 12.1 Å². The largest absolute Gasteiger partial charge is 0.481 e. The molecule has 0 saturated heterocycles. The van der Waals surface area contributed by atoms with Crippen LogP contribution in [0.4, 0.5) is 10.1 Å². The Kier molecular flexibility index (Phi) is 5.33. The topological polar surface area (TPSA) is 67.4 Å². The maximum atomic E-state index is 13.7. The minimum absolute atomic E-state index is 0.0156. The number of para-hydroxylation sites is 1. The van der Waals surface area contributed by atoms with E-state index in [0.717, 1.165) is 12.8 Å². The van der Waals surface area contributed by atoms with Crippen molar-refractivity contribution in [3.63, 3.8) is 0 Å². The van der Waals surface area contributed by atoms with E-state index in [9.17, 15) is 14.0 Å². The zero-order valence-corrected chi connectivity index (χ0v) is 14.8. The summed E-state index contributed by atoms with van der Waals surface area (Å²) in [7, 11) is 0. The molecule has 7 heteroatoms. The third-order valence-corrected chi connectivity index (χ3v) is 4.10. The molecule has 0 spiro atoms. The fourth-order valence-corrected chi connectivity index (χ4v) is 2.54. The lowest BCUT2D eigenvalue weighted by molar-refractivity contribution is -0.118. The van der Waals surface area contributed by atoms with Crippen LogP contribution in [0.2, 0.25) is 0 Å². The van der Waals surface area contributed by atoms with E-state index in [-0.39, 0.29) is 24.3 Å². The van der Waals surface area contributed by atoms with Crippen LogP contribution in [-0.4, -0.2) is 24.5 Å². The first-order chi connectivity index (χ1) is 12.0. The molecule has 25 heavy (non-hydrogen) atoms. The summed E-state index contributed by atoms with van der Waals surface area (Å²) in [5.74, 6) is -1.28. The second-order valence-corrected chi connectivity index (χ2v) is 6.62. The maximum absolute atomic E-state index is 13.7. The summed E-state index contributed by atoms with van der Waals surface area (Å²) in [5.41, 5.74) is 0.781. The summed E-state index contributed by atoms with van der Waals surface area (Å²) < 4.78 is 19.5. The first-order valence-electron chi connectivity index (χ1n) is 7.80. The summed E-state index contributed by atoms with van der Waals surface area (Å²) in [6.07, 6.45) is 1.96. The van der Waals surface area contributed by atoms with Crippen LogP contribution in [0, 0.1) is 5.82 Å². The average molecular weight is 407 g/mol. The van der Waals surface area contributed by atoms with Crippen LogP contribution < -0.4 is 15.4 Å². The van der Waals surface area contributed by atoms with Crippen molar-refractivity contribution in [3.8, 4) is 5.75 Å². The number of ether oxygens (including phenoxy) is 1. The number of benzene rings is 2. The summed E-state index contributed by atoms with van der Waals surface area (Å²) in [6, 6.07) is 11.3. The van der Waals surface area contributed by atoms with E-state index in [4.69, 9.17) is 4.74 Å². The Morgan fingerprint density at radius 3 is 2.68 bits per heavy atom. The number of hydrogen-bond acceptors (Lipinski definition) is 3. The minimum atomic E-state index is -0.564. The lowest BCUT2D eigenvalue weighted by Gasteiger charge is -2.12. The van der Waals surface area contributed by atoms with Gasteiger partial charge in [-0.25, -0.2) is 4.39 Å². The quantitative estimate of drug-likeness (QED) is 0.771. The molecule has 0 unspecified atom stereocenters. The average Bonchev–Trinajstić information content (AvgIpc) is 3.38. The van der Waals surface area contributed by atoms with Crippen LogP contribution in [0.5, 0.6) is 5.75 Å². The molecule has 2 amide bonds. The van der Waals surface area contributed by atoms with Crippen LogP contribution in [0.25, 0.3) is 0 Å². The first kappa shape index (κ1) is 17.4. The standard InChI is InChI=1S/C18H16BrFN2O3/c19-11-5-8-16(14(20)9-11)25-10-17(23)22-15-4-2-1-3-13(15)18(24)21-12-6-7-12/h1-5,8-9,12H,6-7,10H2,(H,21,24)(H,22,23). The molecule has 1 fully saturated rings. The van der Waals surface area contributed by atoms with Gasteiger partial charge in [0, 0.05) is 10.5 Å². The number of amides is 2. The van der Waals surface area contributed by atoms with Crippen molar-refractivity contribution < 1.29 is 18.7 Å². The fraction of sp³-hybridized carbons (Fsp3) is 0.222. The van der Waals surface area contributed by atoms with Gasteiger partial charge in [-0.2, -0.15) is 0 Å². The Balaban J connectivity index is 1.61. The Morgan fingerprint density at radius 2 is 1.96 bits per heavy atom. The van der Waals surface area contributed by atoms with Crippen molar-refractivity contribution in [1.82, 2.24) is 5.32 Å². The lowest BCUT2D eigenvalue weighted by atomic mass is 10.1.